The number of methoxy groups -OCH3 is 1. The highest BCUT2D eigenvalue weighted by Gasteiger charge is 2.21. The lowest BCUT2D eigenvalue weighted by Gasteiger charge is -2.25. The zero-order chi connectivity index (χ0) is 21.1. The van der Waals surface area contributed by atoms with Crippen LogP contribution in [0.25, 0.3) is 10.9 Å². The summed E-state index contributed by atoms with van der Waals surface area (Å²) >= 11 is 5.89. The molecule has 8 heteroatoms. The van der Waals surface area contributed by atoms with Gasteiger partial charge in [-0.05, 0) is 49.8 Å². The first-order valence-electron chi connectivity index (χ1n) is 9.89. The van der Waals surface area contributed by atoms with Crippen molar-refractivity contribution in [1.82, 2.24) is 9.97 Å². The highest BCUT2D eigenvalue weighted by molar-refractivity contribution is 6.31. The van der Waals surface area contributed by atoms with Gasteiger partial charge in [-0.3, -0.25) is 0 Å². The molecule has 1 fully saturated rings. The molecule has 6 nitrogen and oxygen atoms in total. The summed E-state index contributed by atoms with van der Waals surface area (Å²) in [5.74, 6) is 1.42. The molecule has 158 valence electrons. The lowest BCUT2D eigenvalue weighted by Crippen LogP contribution is -2.22. The van der Waals surface area contributed by atoms with Crippen LogP contribution >= 0.6 is 11.6 Å². The van der Waals surface area contributed by atoms with Crippen LogP contribution in [0, 0.1) is 11.7 Å². The van der Waals surface area contributed by atoms with Gasteiger partial charge in [0.15, 0.2) is 17.3 Å². The molecule has 2 aromatic carbocycles. The molecular formula is C22H23ClFN3O3. The van der Waals surface area contributed by atoms with E-state index in [1.807, 2.05) is 0 Å². The van der Waals surface area contributed by atoms with Crippen LogP contribution in [0.5, 0.6) is 11.5 Å². The van der Waals surface area contributed by atoms with Crippen molar-refractivity contribution in [3.05, 3.63) is 47.5 Å². The summed E-state index contributed by atoms with van der Waals surface area (Å²) in [7, 11) is 1.58. The summed E-state index contributed by atoms with van der Waals surface area (Å²) in [4.78, 5) is 8.57. The van der Waals surface area contributed by atoms with Gasteiger partial charge in [0, 0.05) is 11.5 Å². The number of ether oxygens (including phenoxy) is 2. The fraction of sp³-hybridized carbons (Fsp3) is 0.364. The Morgan fingerprint density at radius 2 is 1.97 bits per heavy atom. The largest absolute Gasteiger partial charge is 0.493 e. The van der Waals surface area contributed by atoms with E-state index in [2.05, 4.69) is 15.3 Å². The zero-order valence-corrected chi connectivity index (χ0v) is 17.3. The molecule has 0 atom stereocenters. The molecule has 0 saturated heterocycles. The molecule has 0 aliphatic heterocycles. The van der Waals surface area contributed by atoms with E-state index in [9.17, 15) is 9.50 Å². The van der Waals surface area contributed by atoms with Crippen LogP contribution in [0.15, 0.2) is 36.7 Å². The number of hydrogen-bond donors (Lipinski definition) is 2. The average molecular weight is 432 g/mol. The maximum Gasteiger partial charge on any atom is 0.165 e. The fourth-order valence-corrected chi connectivity index (χ4v) is 3.86. The van der Waals surface area contributed by atoms with E-state index in [0.717, 1.165) is 25.7 Å². The molecule has 0 radical (unpaired) electrons. The predicted molar refractivity (Wildman–Crippen MR) is 114 cm³/mol. The molecule has 0 spiro atoms. The number of hydrogen-bond acceptors (Lipinski definition) is 6. The van der Waals surface area contributed by atoms with Gasteiger partial charge in [0.25, 0.3) is 0 Å². The second-order valence-electron chi connectivity index (χ2n) is 7.45. The van der Waals surface area contributed by atoms with Crippen LogP contribution in [0.4, 0.5) is 15.9 Å². The maximum absolute atomic E-state index is 14.3. The lowest BCUT2D eigenvalue weighted by molar-refractivity contribution is 0.0911. The van der Waals surface area contributed by atoms with Crippen LogP contribution in [0.3, 0.4) is 0 Å². The summed E-state index contributed by atoms with van der Waals surface area (Å²) in [6.45, 7) is 0.536. The van der Waals surface area contributed by atoms with E-state index in [0.29, 0.717) is 40.7 Å². The first-order valence-corrected chi connectivity index (χ1v) is 10.3. The third kappa shape index (κ3) is 4.42. The zero-order valence-electron chi connectivity index (χ0n) is 16.6. The van der Waals surface area contributed by atoms with Crippen LogP contribution in [-0.4, -0.2) is 34.9 Å². The lowest BCUT2D eigenvalue weighted by atomic mass is 9.88. The molecule has 1 aromatic heterocycles. The molecule has 4 rings (SSSR count). The molecule has 1 heterocycles. The van der Waals surface area contributed by atoms with E-state index in [1.165, 1.54) is 12.4 Å². The number of nitrogens with one attached hydrogen (secondary N) is 1. The first kappa shape index (κ1) is 20.6. The van der Waals surface area contributed by atoms with Crippen molar-refractivity contribution in [3.8, 4) is 11.5 Å². The Morgan fingerprint density at radius 1 is 1.17 bits per heavy atom. The molecule has 0 amide bonds. The Kier molecular flexibility index (Phi) is 6.20. The van der Waals surface area contributed by atoms with Gasteiger partial charge in [-0.2, -0.15) is 0 Å². The van der Waals surface area contributed by atoms with Crippen LogP contribution in [-0.2, 0) is 0 Å². The van der Waals surface area contributed by atoms with Gasteiger partial charge in [-0.15, -0.1) is 0 Å². The van der Waals surface area contributed by atoms with E-state index in [-0.39, 0.29) is 16.8 Å². The average Bonchev–Trinajstić information content (AvgIpc) is 2.76. The summed E-state index contributed by atoms with van der Waals surface area (Å²) in [6, 6.07) is 8.32. The minimum absolute atomic E-state index is 0.0293. The number of aliphatic hydroxyl groups is 1. The van der Waals surface area contributed by atoms with Gasteiger partial charge in [0.05, 0.1) is 36.0 Å². The molecule has 1 aliphatic carbocycles. The fourth-order valence-electron chi connectivity index (χ4n) is 3.68. The Bertz CT molecular complexity index is 1040. The summed E-state index contributed by atoms with van der Waals surface area (Å²) < 4.78 is 25.9. The SMILES string of the molecule is COc1cc2ncnc(Nc3cccc(Cl)c3F)c2cc1OCC1CCC(O)CC1. The van der Waals surface area contributed by atoms with Crippen molar-refractivity contribution in [2.24, 2.45) is 5.92 Å². The van der Waals surface area contributed by atoms with Crippen molar-refractivity contribution in [3.63, 3.8) is 0 Å². The third-order valence-corrected chi connectivity index (χ3v) is 5.71. The topological polar surface area (TPSA) is 76.5 Å². The Hall–Kier alpha value is -2.64. The van der Waals surface area contributed by atoms with Crippen molar-refractivity contribution in [1.29, 1.82) is 0 Å². The Labute approximate surface area is 179 Å². The molecule has 1 aliphatic rings. The van der Waals surface area contributed by atoms with Gasteiger partial charge in [0.1, 0.15) is 12.1 Å². The monoisotopic (exact) mass is 431 g/mol. The quantitative estimate of drug-likeness (QED) is 0.565. The van der Waals surface area contributed by atoms with Crippen LogP contribution in [0.1, 0.15) is 25.7 Å². The second-order valence-corrected chi connectivity index (χ2v) is 7.86. The summed E-state index contributed by atoms with van der Waals surface area (Å²) in [5, 5.41) is 13.4. The third-order valence-electron chi connectivity index (χ3n) is 5.42. The number of halogens is 2. The van der Waals surface area contributed by atoms with Crippen LogP contribution in [0.2, 0.25) is 5.02 Å². The highest BCUT2D eigenvalue weighted by Crippen LogP contribution is 2.36. The van der Waals surface area contributed by atoms with E-state index >= 15 is 0 Å². The highest BCUT2D eigenvalue weighted by atomic mass is 35.5. The van der Waals surface area contributed by atoms with Crippen molar-refractivity contribution in [2.75, 3.05) is 19.0 Å². The minimum Gasteiger partial charge on any atom is -0.493 e. The number of rotatable bonds is 6. The number of aliphatic hydroxyl groups excluding tert-OH is 1. The van der Waals surface area contributed by atoms with Gasteiger partial charge < -0.3 is 19.9 Å². The smallest absolute Gasteiger partial charge is 0.165 e. The molecule has 3 aromatic rings. The second kappa shape index (κ2) is 9.02. The molecule has 1 saturated carbocycles. The minimum atomic E-state index is -0.546. The van der Waals surface area contributed by atoms with E-state index < -0.39 is 5.82 Å². The molecule has 30 heavy (non-hydrogen) atoms. The molecule has 2 N–H and O–H groups in total. The van der Waals surface area contributed by atoms with Gasteiger partial charge in [-0.1, -0.05) is 17.7 Å². The van der Waals surface area contributed by atoms with Gasteiger partial charge in [-0.25, -0.2) is 14.4 Å². The predicted octanol–water partition coefficient (Wildman–Crippen LogP) is 5.10. The molecule has 0 unspecified atom stereocenters. The standard InChI is InChI=1S/C22H23ClFN3O3/c1-29-19-10-18-15(9-20(19)30-11-13-5-7-14(28)8-6-13)22(26-12-25-18)27-17-4-2-3-16(23)21(17)24/h2-4,9-10,12-14,28H,5-8,11H2,1H3,(H,25,26,27). The van der Waals surface area contributed by atoms with E-state index in [1.54, 1.807) is 31.4 Å². The molecule has 0 bridgehead atoms. The van der Waals surface area contributed by atoms with Crippen molar-refractivity contribution < 1.29 is 19.0 Å². The maximum atomic E-state index is 14.3. The summed E-state index contributed by atoms with van der Waals surface area (Å²) in [5.41, 5.74) is 0.862. The Balaban J connectivity index is 1.62. The van der Waals surface area contributed by atoms with Gasteiger partial charge in [0.2, 0.25) is 0 Å². The normalized spacial score (nSPS) is 18.9. The number of fused-ring (bicyclic) bond motifs is 1. The molecular weight excluding hydrogens is 409 g/mol. The van der Waals surface area contributed by atoms with Gasteiger partial charge >= 0.3 is 0 Å². The van der Waals surface area contributed by atoms with E-state index in [4.69, 9.17) is 21.1 Å². The number of aromatic nitrogens is 2. The number of anilines is 2. The van der Waals surface area contributed by atoms with Crippen molar-refractivity contribution >= 4 is 34.0 Å². The van der Waals surface area contributed by atoms with Crippen molar-refractivity contribution in [2.45, 2.75) is 31.8 Å². The Morgan fingerprint density at radius 3 is 2.73 bits per heavy atom. The number of benzene rings is 2. The number of nitrogens with zero attached hydrogens (tertiary/aromatic N) is 2. The summed E-state index contributed by atoms with van der Waals surface area (Å²) in [6.07, 6.45) is 4.67. The van der Waals surface area contributed by atoms with Crippen LogP contribution < -0.4 is 14.8 Å². The first-order chi connectivity index (χ1) is 14.5.